The average Bonchev–Trinajstić information content (AvgIpc) is 3.30. The summed E-state index contributed by atoms with van der Waals surface area (Å²) in [5, 5.41) is 12.5. The van der Waals surface area contributed by atoms with Crippen molar-refractivity contribution >= 4 is 48.4 Å². The van der Waals surface area contributed by atoms with Crippen molar-refractivity contribution in [2.75, 3.05) is 0 Å². The number of fused-ring (bicyclic) bond motifs is 4. The first kappa shape index (κ1) is 25.9. The summed E-state index contributed by atoms with van der Waals surface area (Å²) in [6.45, 7) is 7.64. The summed E-state index contributed by atoms with van der Waals surface area (Å²) in [5.41, 5.74) is 5.06. The van der Waals surface area contributed by atoms with Crippen molar-refractivity contribution in [3.8, 4) is 28.5 Å². The van der Waals surface area contributed by atoms with Crippen LogP contribution in [0.25, 0.3) is 55.1 Å². The van der Waals surface area contributed by atoms with Crippen molar-refractivity contribution in [1.29, 1.82) is 5.26 Å². The standard InChI is InChI=1S/C34H25B2FN2O/c1-19-11-13-22-20(15-19)7-5-8-23(22)30-21(17-38)12-14-25-24-9-6-10-26(31(24)40-32(25)30)29-16-28(37)27(18-39-29)34(35,36)33(2,3)4/h5-16,18H,1-4H3. The molecule has 6 aromatic rings. The highest BCUT2D eigenvalue weighted by molar-refractivity contribution is 6.40. The third-order valence-corrected chi connectivity index (χ3v) is 7.91. The molecule has 6 rings (SSSR count). The number of hydrogen-bond donors (Lipinski definition) is 0. The molecule has 0 bridgehead atoms. The van der Waals surface area contributed by atoms with E-state index in [1.54, 1.807) is 0 Å². The van der Waals surface area contributed by atoms with Crippen LogP contribution in [0.2, 0.25) is 0 Å². The van der Waals surface area contributed by atoms with Gasteiger partial charge >= 0.3 is 0 Å². The van der Waals surface area contributed by atoms with E-state index in [-0.39, 0.29) is 5.56 Å². The number of aromatic nitrogens is 1. The van der Waals surface area contributed by atoms with Gasteiger partial charge in [-0.1, -0.05) is 80.1 Å². The van der Waals surface area contributed by atoms with Crippen LogP contribution < -0.4 is 0 Å². The van der Waals surface area contributed by atoms with Crippen molar-refractivity contribution in [2.24, 2.45) is 5.41 Å². The maximum atomic E-state index is 15.5. The number of rotatable bonds is 3. The van der Waals surface area contributed by atoms with E-state index in [0.717, 1.165) is 38.2 Å². The SMILES string of the molecule is [B]C([B])(c1cnc(-c2cccc3c2oc2c(-c4cccc5cc(C)ccc45)c(C#N)ccc23)cc1F)C(C)(C)C. The molecule has 0 unspecified atom stereocenters. The zero-order valence-electron chi connectivity index (χ0n) is 22.8. The van der Waals surface area contributed by atoms with Gasteiger partial charge in [-0.05, 0) is 52.4 Å². The third kappa shape index (κ3) is 3.92. The molecule has 6 heteroatoms. The van der Waals surface area contributed by atoms with E-state index in [2.05, 4.69) is 42.2 Å². The molecule has 3 nitrogen and oxygen atoms in total. The lowest BCUT2D eigenvalue weighted by atomic mass is 9.41. The minimum absolute atomic E-state index is 0.146. The molecule has 0 aliphatic heterocycles. The summed E-state index contributed by atoms with van der Waals surface area (Å²) >= 11 is 0. The Hall–Kier alpha value is -4.36. The van der Waals surface area contributed by atoms with Gasteiger partial charge in [0.1, 0.15) is 17.0 Å². The van der Waals surface area contributed by atoms with E-state index in [0.29, 0.717) is 28.0 Å². The topological polar surface area (TPSA) is 49.8 Å². The second-order valence-corrected chi connectivity index (χ2v) is 11.5. The fourth-order valence-corrected chi connectivity index (χ4v) is 5.33. The second-order valence-electron chi connectivity index (χ2n) is 11.5. The van der Waals surface area contributed by atoms with E-state index < -0.39 is 16.4 Å². The Kier molecular flexibility index (Phi) is 5.89. The number of halogens is 1. The second kappa shape index (κ2) is 9.10. The van der Waals surface area contributed by atoms with Gasteiger partial charge in [0.05, 0.1) is 33.0 Å². The van der Waals surface area contributed by atoms with Crippen LogP contribution >= 0.6 is 0 Å². The number of aryl methyl sites for hydroxylation is 1. The van der Waals surface area contributed by atoms with Crippen molar-refractivity contribution in [1.82, 2.24) is 4.98 Å². The molecular formula is C34H25B2FN2O. The zero-order valence-corrected chi connectivity index (χ0v) is 22.8. The monoisotopic (exact) mass is 518 g/mol. The zero-order chi connectivity index (χ0) is 28.4. The number of para-hydroxylation sites is 1. The van der Waals surface area contributed by atoms with Crippen LogP contribution in [-0.4, -0.2) is 20.7 Å². The fraction of sp³-hybridized carbons (Fsp3) is 0.176. The maximum Gasteiger partial charge on any atom is 0.144 e. The van der Waals surface area contributed by atoms with Crippen LogP contribution in [0.15, 0.2) is 83.4 Å². The first-order valence-electron chi connectivity index (χ1n) is 13.1. The molecule has 0 amide bonds. The number of benzene rings is 4. The molecule has 0 spiro atoms. The predicted octanol–water partition coefficient (Wildman–Crippen LogP) is 8.32. The molecule has 0 aliphatic rings. The largest absolute Gasteiger partial charge is 0.455 e. The lowest BCUT2D eigenvalue weighted by Gasteiger charge is -2.40. The van der Waals surface area contributed by atoms with Gasteiger partial charge in [-0.15, -0.1) is 0 Å². The number of nitrogens with zero attached hydrogens (tertiary/aromatic N) is 2. The fourth-order valence-electron chi connectivity index (χ4n) is 5.33. The van der Waals surface area contributed by atoms with Crippen LogP contribution in [0.4, 0.5) is 4.39 Å². The summed E-state index contributed by atoms with van der Waals surface area (Å²) in [4.78, 5) is 4.56. The lowest BCUT2D eigenvalue weighted by molar-refractivity contribution is 0.349. The van der Waals surface area contributed by atoms with Gasteiger partial charge < -0.3 is 4.42 Å². The molecule has 4 radical (unpaired) electrons. The van der Waals surface area contributed by atoms with E-state index in [9.17, 15) is 5.26 Å². The highest BCUT2D eigenvalue weighted by Gasteiger charge is 2.35. The molecule has 0 fully saturated rings. The van der Waals surface area contributed by atoms with Gasteiger partial charge in [-0.3, -0.25) is 4.98 Å². The average molecular weight is 518 g/mol. The third-order valence-electron chi connectivity index (χ3n) is 7.91. The Morgan fingerprint density at radius 1 is 0.850 bits per heavy atom. The van der Waals surface area contributed by atoms with Crippen LogP contribution in [0.1, 0.15) is 37.5 Å². The van der Waals surface area contributed by atoms with Gasteiger partial charge in [0, 0.05) is 34.2 Å². The van der Waals surface area contributed by atoms with Gasteiger partial charge in [0.2, 0.25) is 0 Å². The van der Waals surface area contributed by atoms with Crippen molar-refractivity contribution < 1.29 is 8.81 Å². The predicted molar refractivity (Wildman–Crippen MR) is 162 cm³/mol. The summed E-state index contributed by atoms with van der Waals surface area (Å²) in [6.07, 6.45) is 1.41. The van der Waals surface area contributed by atoms with Crippen LogP contribution in [-0.2, 0) is 5.21 Å². The Morgan fingerprint density at radius 3 is 2.27 bits per heavy atom. The van der Waals surface area contributed by atoms with E-state index in [4.69, 9.17) is 20.1 Å². The molecule has 2 heterocycles. The smallest absolute Gasteiger partial charge is 0.144 e. The number of pyridine rings is 1. The van der Waals surface area contributed by atoms with Crippen LogP contribution in [0, 0.1) is 29.5 Å². The summed E-state index contributed by atoms with van der Waals surface area (Å²) < 4.78 is 22.0. The number of hydrogen-bond acceptors (Lipinski definition) is 3. The van der Waals surface area contributed by atoms with Crippen molar-refractivity contribution in [3.63, 3.8) is 0 Å². The molecule has 40 heavy (non-hydrogen) atoms. The van der Waals surface area contributed by atoms with E-state index in [1.165, 1.54) is 12.3 Å². The van der Waals surface area contributed by atoms with Crippen LogP contribution in [0.5, 0.6) is 0 Å². The summed E-state index contributed by atoms with van der Waals surface area (Å²) in [7, 11) is 12.7. The lowest BCUT2D eigenvalue weighted by Crippen LogP contribution is -2.42. The highest BCUT2D eigenvalue weighted by atomic mass is 19.1. The number of furan rings is 1. The Balaban J connectivity index is 1.60. The minimum atomic E-state index is -1.41. The van der Waals surface area contributed by atoms with Gasteiger partial charge in [-0.2, -0.15) is 5.26 Å². The molecule has 0 atom stereocenters. The van der Waals surface area contributed by atoms with Crippen molar-refractivity contribution in [3.05, 3.63) is 102 Å². The molecule has 190 valence electrons. The van der Waals surface area contributed by atoms with Gasteiger partial charge in [0.15, 0.2) is 0 Å². The summed E-state index contributed by atoms with van der Waals surface area (Å²) in [5.74, 6) is -0.531. The Bertz CT molecular complexity index is 2010. The molecule has 0 aliphatic carbocycles. The van der Waals surface area contributed by atoms with Crippen LogP contribution in [0.3, 0.4) is 0 Å². The Labute approximate surface area is 235 Å². The molecular weight excluding hydrogens is 493 g/mol. The van der Waals surface area contributed by atoms with Gasteiger partial charge in [0.25, 0.3) is 0 Å². The Morgan fingerprint density at radius 2 is 1.55 bits per heavy atom. The molecule has 0 saturated carbocycles. The normalized spacial score (nSPS) is 12.3. The maximum absolute atomic E-state index is 15.5. The summed E-state index contributed by atoms with van der Waals surface area (Å²) in [6, 6.07) is 25.5. The quantitative estimate of drug-likeness (QED) is 0.222. The minimum Gasteiger partial charge on any atom is -0.455 e. The van der Waals surface area contributed by atoms with E-state index in [1.807, 2.05) is 63.2 Å². The first-order valence-corrected chi connectivity index (χ1v) is 13.1. The highest BCUT2D eigenvalue weighted by Crippen LogP contribution is 2.43. The molecule has 0 saturated heterocycles. The number of nitriles is 1. The molecule has 2 aromatic heterocycles. The van der Waals surface area contributed by atoms with Gasteiger partial charge in [-0.25, -0.2) is 4.39 Å². The van der Waals surface area contributed by atoms with Crippen molar-refractivity contribution in [2.45, 2.75) is 32.9 Å². The first-order chi connectivity index (χ1) is 19.0. The molecule has 0 N–H and O–H groups in total. The van der Waals surface area contributed by atoms with E-state index >= 15 is 4.39 Å². The molecule has 4 aromatic carbocycles.